The van der Waals surface area contributed by atoms with Crippen LogP contribution < -0.4 is 9.47 Å². The van der Waals surface area contributed by atoms with Crippen LogP contribution in [0.25, 0.3) is 0 Å². The average Bonchev–Trinajstić information content (AvgIpc) is 2.77. The Bertz CT molecular complexity index is 566. The van der Waals surface area contributed by atoms with Crippen LogP contribution in [0, 0.1) is 0 Å². The molecule has 1 aromatic heterocycles. The van der Waals surface area contributed by atoms with E-state index < -0.39 is 6.10 Å². The van der Waals surface area contributed by atoms with Crippen molar-refractivity contribution < 1.29 is 14.6 Å². The molecule has 3 nitrogen and oxygen atoms in total. The quantitative estimate of drug-likeness (QED) is 0.882. The first-order valence-electron chi connectivity index (χ1n) is 5.41. The molecule has 102 valence electrons. The van der Waals surface area contributed by atoms with E-state index in [1.807, 2.05) is 0 Å². The van der Waals surface area contributed by atoms with E-state index in [1.54, 1.807) is 38.5 Å². The van der Waals surface area contributed by atoms with E-state index in [2.05, 4.69) is 15.9 Å². The molecule has 1 heterocycles. The lowest BCUT2D eigenvalue weighted by Gasteiger charge is -2.14. The number of aliphatic hydroxyl groups excluding tert-OH is 1. The van der Waals surface area contributed by atoms with Crippen molar-refractivity contribution in [2.24, 2.45) is 0 Å². The maximum Gasteiger partial charge on any atom is 0.128 e. The summed E-state index contributed by atoms with van der Waals surface area (Å²) in [5.41, 5.74) is 0.675. The smallest absolute Gasteiger partial charge is 0.128 e. The molecule has 0 aliphatic carbocycles. The van der Waals surface area contributed by atoms with Crippen LogP contribution in [0.15, 0.2) is 28.7 Å². The SMILES string of the molecule is COc1ccc(C(O)c2cc(Br)c(Cl)s2)c(OC)c1. The van der Waals surface area contributed by atoms with E-state index in [9.17, 15) is 5.11 Å². The molecule has 19 heavy (non-hydrogen) atoms. The number of ether oxygens (including phenoxy) is 2. The highest BCUT2D eigenvalue weighted by Gasteiger charge is 2.19. The first kappa shape index (κ1) is 14.7. The second kappa shape index (κ2) is 6.13. The van der Waals surface area contributed by atoms with Crippen molar-refractivity contribution >= 4 is 38.9 Å². The first-order valence-corrected chi connectivity index (χ1v) is 7.40. The van der Waals surface area contributed by atoms with Crippen LogP contribution in [0.3, 0.4) is 0 Å². The highest BCUT2D eigenvalue weighted by molar-refractivity contribution is 9.10. The summed E-state index contributed by atoms with van der Waals surface area (Å²) in [6.45, 7) is 0. The third-order valence-corrected chi connectivity index (χ3v) is 5.20. The zero-order valence-corrected chi connectivity index (χ0v) is 13.5. The van der Waals surface area contributed by atoms with Gasteiger partial charge in [0, 0.05) is 21.0 Å². The topological polar surface area (TPSA) is 38.7 Å². The Morgan fingerprint density at radius 3 is 2.53 bits per heavy atom. The van der Waals surface area contributed by atoms with Crippen LogP contribution in [0.4, 0.5) is 0 Å². The zero-order chi connectivity index (χ0) is 14.0. The largest absolute Gasteiger partial charge is 0.497 e. The molecular formula is C13H12BrClO3S. The van der Waals surface area contributed by atoms with Gasteiger partial charge in [0.2, 0.25) is 0 Å². The number of methoxy groups -OCH3 is 2. The summed E-state index contributed by atoms with van der Waals surface area (Å²) in [6.07, 6.45) is -0.783. The van der Waals surface area contributed by atoms with Gasteiger partial charge in [-0.3, -0.25) is 0 Å². The van der Waals surface area contributed by atoms with Gasteiger partial charge < -0.3 is 14.6 Å². The number of aliphatic hydroxyl groups is 1. The molecule has 0 bridgehead atoms. The van der Waals surface area contributed by atoms with Crippen molar-refractivity contribution in [3.8, 4) is 11.5 Å². The summed E-state index contributed by atoms with van der Waals surface area (Å²) in [7, 11) is 3.14. The standard InChI is InChI=1S/C13H12BrClO3S/c1-17-7-3-4-8(10(5-7)18-2)12(16)11-6-9(14)13(15)19-11/h3-6,12,16H,1-2H3. The van der Waals surface area contributed by atoms with Gasteiger partial charge in [0.25, 0.3) is 0 Å². The summed E-state index contributed by atoms with van der Waals surface area (Å²) in [4.78, 5) is 0.750. The van der Waals surface area contributed by atoms with Crippen molar-refractivity contribution in [2.45, 2.75) is 6.10 Å². The lowest BCUT2D eigenvalue weighted by Crippen LogP contribution is -2.01. The van der Waals surface area contributed by atoms with Crippen LogP contribution in [-0.2, 0) is 0 Å². The third kappa shape index (κ3) is 3.05. The van der Waals surface area contributed by atoms with E-state index in [4.69, 9.17) is 21.1 Å². The second-order valence-electron chi connectivity index (χ2n) is 3.78. The Hall–Kier alpha value is -0.750. The van der Waals surface area contributed by atoms with Gasteiger partial charge in [-0.05, 0) is 34.1 Å². The molecule has 0 aliphatic rings. The normalized spacial score (nSPS) is 12.3. The van der Waals surface area contributed by atoms with Crippen molar-refractivity contribution in [3.63, 3.8) is 0 Å². The number of hydrogen-bond acceptors (Lipinski definition) is 4. The molecule has 0 aliphatic heterocycles. The van der Waals surface area contributed by atoms with E-state index in [1.165, 1.54) is 11.3 Å². The van der Waals surface area contributed by atoms with E-state index in [0.717, 1.165) is 9.35 Å². The van der Waals surface area contributed by atoms with Gasteiger partial charge in [-0.15, -0.1) is 11.3 Å². The van der Waals surface area contributed by atoms with Crippen LogP contribution >= 0.6 is 38.9 Å². The monoisotopic (exact) mass is 362 g/mol. The Balaban J connectivity index is 2.40. The van der Waals surface area contributed by atoms with Gasteiger partial charge in [0.05, 0.1) is 14.2 Å². The number of hydrogen-bond donors (Lipinski definition) is 1. The summed E-state index contributed by atoms with van der Waals surface area (Å²) in [6, 6.07) is 7.11. The molecule has 0 saturated carbocycles. The van der Waals surface area contributed by atoms with Crippen LogP contribution in [0.2, 0.25) is 4.34 Å². The predicted octanol–water partition coefficient (Wildman–Crippen LogP) is 4.26. The van der Waals surface area contributed by atoms with Gasteiger partial charge >= 0.3 is 0 Å². The van der Waals surface area contributed by atoms with Crippen molar-refractivity contribution in [3.05, 3.63) is 43.5 Å². The molecule has 1 N–H and O–H groups in total. The molecule has 0 radical (unpaired) electrons. The Labute approximate surface area is 128 Å². The molecule has 0 spiro atoms. The minimum Gasteiger partial charge on any atom is -0.497 e. The molecule has 2 rings (SSSR count). The fourth-order valence-corrected chi connectivity index (χ4v) is 3.44. The number of rotatable bonds is 4. The average molecular weight is 364 g/mol. The fraction of sp³-hybridized carbons (Fsp3) is 0.231. The predicted molar refractivity (Wildman–Crippen MR) is 80.6 cm³/mol. The van der Waals surface area contributed by atoms with Crippen LogP contribution in [-0.4, -0.2) is 19.3 Å². The highest BCUT2D eigenvalue weighted by atomic mass is 79.9. The molecule has 1 aromatic carbocycles. The molecule has 1 unspecified atom stereocenters. The summed E-state index contributed by atoms with van der Waals surface area (Å²) >= 11 is 10.7. The van der Waals surface area contributed by atoms with Crippen molar-refractivity contribution in [2.75, 3.05) is 14.2 Å². The molecular weight excluding hydrogens is 352 g/mol. The molecule has 6 heteroatoms. The molecule has 0 saturated heterocycles. The molecule has 2 aromatic rings. The van der Waals surface area contributed by atoms with Crippen molar-refractivity contribution in [1.82, 2.24) is 0 Å². The van der Waals surface area contributed by atoms with Crippen LogP contribution in [0.1, 0.15) is 16.5 Å². The third-order valence-electron chi connectivity index (χ3n) is 2.67. The van der Waals surface area contributed by atoms with Gasteiger partial charge in [-0.2, -0.15) is 0 Å². The van der Waals surface area contributed by atoms with Gasteiger partial charge in [0.15, 0.2) is 0 Å². The molecule has 0 amide bonds. The van der Waals surface area contributed by atoms with Crippen LogP contribution in [0.5, 0.6) is 11.5 Å². The Morgan fingerprint density at radius 1 is 1.26 bits per heavy atom. The number of halogens is 2. The molecule has 0 fully saturated rings. The van der Waals surface area contributed by atoms with E-state index in [-0.39, 0.29) is 0 Å². The zero-order valence-electron chi connectivity index (χ0n) is 10.3. The lowest BCUT2D eigenvalue weighted by atomic mass is 10.1. The first-order chi connectivity index (χ1) is 9.06. The maximum atomic E-state index is 10.4. The summed E-state index contributed by atoms with van der Waals surface area (Å²) in [5.74, 6) is 1.26. The van der Waals surface area contributed by atoms with Crippen molar-refractivity contribution in [1.29, 1.82) is 0 Å². The maximum absolute atomic E-state index is 10.4. The lowest BCUT2D eigenvalue weighted by molar-refractivity contribution is 0.218. The molecule has 1 atom stereocenters. The second-order valence-corrected chi connectivity index (χ2v) is 6.32. The fourth-order valence-electron chi connectivity index (χ4n) is 1.70. The highest BCUT2D eigenvalue weighted by Crippen LogP contribution is 2.40. The minimum atomic E-state index is -0.783. The number of benzene rings is 1. The summed E-state index contributed by atoms with van der Waals surface area (Å²) < 4.78 is 11.8. The van der Waals surface area contributed by atoms with E-state index >= 15 is 0 Å². The number of thiophene rings is 1. The summed E-state index contributed by atoms with van der Waals surface area (Å²) in [5, 5.41) is 10.4. The van der Waals surface area contributed by atoms with Gasteiger partial charge in [0.1, 0.15) is 21.9 Å². The Morgan fingerprint density at radius 2 is 2.00 bits per heavy atom. The van der Waals surface area contributed by atoms with E-state index in [0.29, 0.717) is 21.4 Å². The van der Waals surface area contributed by atoms with Gasteiger partial charge in [-0.25, -0.2) is 0 Å². The Kier molecular flexibility index (Phi) is 4.73. The van der Waals surface area contributed by atoms with Gasteiger partial charge in [-0.1, -0.05) is 11.6 Å². The minimum absolute atomic E-state index is 0.576.